The zero-order valence-corrected chi connectivity index (χ0v) is 9.46. The van der Waals surface area contributed by atoms with Gasteiger partial charge in [-0.2, -0.15) is 0 Å². The van der Waals surface area contributed by atoms with Gasteiger partial charge >= 0.3 is 0 Å². The average molecular weight is 231 g/mol. The van der Waals surface area contributed by atoms with Crippen molar-refractivity contribution in [3.05, 3.63) is 36.7 Å². The molecule has 2 rings (SSSR count). The number of benzene rings is 1. The van der Waals surface area contributed by atoms with E-state index in [9.17, 15) is 0 Å². The van der Waals surface area contributed by atoms with E-state index in [2.05, 4.69) is 9.97 Å². The Hall–Kier alpha value is -2.30. The van der Waals surface area contributed by atoms with Crippen molar-refractivity contribution in [1.29, 1.82) is 0 Å². The van der Waals surface area contributed by atoms with Crippen molar-refractivity contribution in [3.63, 3.8) is 0 Å². The van der Waals surface area contributed by atoms with Crippen LogP contribution in [0.15, 0.2) is 36.7 Å². The molecule has 0 aliphatic heterocycles. The maximum atomic E-state index is 5.54. The summed E-state index contributed by atoms with van der Waals surface area (Å²) in [6.45, 7) is 2.54. The van der Waals surface area contributed by atoms with Crippen LogP contribution < -0.4 is 15.2 Å². The number of rotatable bonds is 4. The zero-order valence-electron chi connectivity index (χ0n) is 9.46. The van der Waals surface area contributed by atoms with Crippen LogP contribution in [0, 0.1) is 0 Å². The number of ether oxygens (including phenoxy) is 2. The van der Waals surface area contributed by atoms with Crippen LogP contribution in [0.3, 0.4) is 0 Å². The molecule has 88 valence electrons. The molecule has 1 aromatic heterocycles. The average Bonchev–Trinajstić information content (AvgIpc) is 2.30. The first kappa shape index (κ1) is 11.2. The fourth-order valence-electron chi connectivity index (χ4n) is 1.32. The van der Waals surface area contributed by atoms with E-state index < -0.39 is 0 Å². The molecule has 1 aromatic carbocycles. The summed E-state index contributed by atoms with van der Waals surface area (Å²) in [5, 5.41) is 0. The monoisotopic (exact) mass is 231 g/mol. The minimum Gasteiger partial charge on any atom is -0.494 e. The molecule has 0 bridgehead atoms. The van der Waals surface area contributed by atoms with Gasteiger partial charge in [-0.15, -0.1) is 0 Å². The van der Waals surface area contributed by atoms with Crippen LogP contribution >= 0.6 is 0 Å². The van der Waals surface area contributed by atoms with E-state index in [-0.39, 0.29) is 0 Å². The fraction of sp³-hybridized carbons (Fsp3) is 0.167. The molecule has 1 heterocycles. The fourth-order valence-corrected chi connectivity index (χ4v) is 1.32. The Morgan fingerprint density at radius 2 is 2.00 bits per heavy atom. The van der Waals surface area contributed by atoms with Crippen LogP contribution in [0.2, 0.25) is 0 Å². The van der Waals surface area contributed by atoms with Crippen LogP contribution in [0.25, 0.3) is 0 Å². The molecule has 2 aromatic rings. The summed E-state index contributed by atoms with van der Waals surface area (Å²) in [5.74, 6) is 2.18. The summed E-state index contributed by atoms with van der Waals surface area (Å²) in [4.78, 5) is 7.75. The highest BCUT2D eigenvalue weighted by atomic mass is 16.5. The maximum Gasteiger partial charge on any atom is 0.224 e. The van der Waals surface area contributed by atoms with Gasteiger partial charge in [0.05, 0.1) is 6.61 Å². The number of hydrogen-bond donors (Lipinski definition) is 1. The normalized spacial score (nSPS) is 9.94. The molecule has 5 heteroatoms. The predicted molar refractivity (Wildman–Crippen MR) is 64.1 cm³/mol. The highest BCUT2D eigenvalue weighted by Gasteiger charge is 2.01. The molecular weight excluding hydrogens is 218 g/mol. The quantitative estimate of drug-likeness (QED) is 0.873. The van der Waals surface area contributed by atoms with Crippen LogP contribution in [-0.2, 0) is 0 Å². The number of nitrogen functional groups attached to an aromatic ring is 1. The third-order valence-corrected chi connectivity index (χ3v) is 2.00. The first-order chi connectivity index (χ1) is 8.28. The summed E-state index contributed by atoms with van der Waals surface area (Å²) in [6.07, 6.45) is 1.36. The van der Waals surface area contributed by atoms with Crippen molar-refractivity contribution < 1.29 is 9.47 Å². The Bertz CT molecular complexity index is 503. The predicted octanol–water partition coefficient (Wildman–Crippen LogP) is 2.25. The molecule has 0 aliphatic carbocycles. The first-order valence-corrected chi connectivity index (χ1v) is 5.26. The highest BCUT2D eigenvalue weighted by Crippen LogP contribution is 2.24. The molecular formula is C12H13N3O2. The maximum absolute atomic E-state index is 5.54. The van der Waals surface area contributed by atoms with E-state index in [4.69, 9.17) is 15.2 Å². The third-order valence-electron chi connectivity index (χ3n) is 2.00. The lowest BCUT2D eigenvalue weighted by molar-refractivity contribution is 0.338. The minimum atomic E-state index is 0.371. The number of anilines is 1. The SMILES string of the molecule is CCOc1cccc(Oc2cc(N)ncn2)c1. The molecule has 0 aliphatic rings. The van der Waals surface area contributed by atoms with Gasteiger partial charge in [0.15, 0.2) is 0 Å². The van der Waals surface area contributed by atoms with E-state index >= 15 is 0 Å². The van der Waals surface area contributed by atoms with E-state index in [0.29, 0.717) is 24.1 Å². The lowest BCUT2D eigenvalue weighted by atomic mass is 10.3. The highest BCUT2D eigenvalue weighted by molar-refractivity contribution is 5.37. The summed E-state index contributed by atoms with van der Waals surface area (Å²) < 4.78 is 10.9. The number of nitrogens with two attached hydrogens (primary N) is 1. The van der Waals surface area contributed by atoms with E-state index in [1.54, 1.807) is 12.1 Å². The topological polar surface area (TPSA) is 70.3 Å². The molecule has 0 saturated heterocycles. The second-order valence-electron chi connectivity index (χ2n) is 3.29. The molecule has 0 atom stereocenters. The van der Waals surface area contributed by atoms with Crippen LogP contribution in [0.4, 0.5) is 5.82 Å². The van der Waals surface area contributed by atoms with Crippen molar-refractivity contribution in [2.75, 3.05) is 12.3 Å². The number of aromatic nitrogens is 2. The van der Waals surface area contributed by atoms with Gasteiger partial charge in [0.25, 0.3) is 0 Å². The third kappa shape index (κ3) is 3.07. The molecule has 17 heavy (non-hydrogen) atoms. The second kappa shape index (κ2) is 5.16. The lowest BCUT2D eigenvalue weighted by Gasteiger charge is -2.07. The standard InChI is InChI=1S/C12H13N3O2/c1-2-16-9-4-3-5-10(6-9)17-12-7-11(13)14-8-15-12/h3-8H,2H2,1H3,(H2,13,14,15). The first-order valence-electron chi connectivity index (χ1n) is 5.26. The van der Waals surface area contributed by atoms with Gasteiger partial charge in [-0.05, 0) is 19.1 Å². The molecule has 0 amide bonds. The number of hydrogen-bond acceptors (Lipinski definition) is 5. The summed E-state index contributed by atoms with van der Waals surface area (Å²) in [6, 6.07) is 8.89. The molecule has 2 N–H and O–H groups in total. The molecule has 0 fully saturated rings. The molecule has 5 nitrogen and oxygen atoms in total. The van der Waals surface area contributed by atoms with Crippen LogP contribution in [0.1, 0.15) is 6.92 Å². The van der Waals surface area contributed by atoms with E-state index in [1.165, 1.54) is 6.33 Å². The van der Waals surface area contributed by atoms with Gasteiger partial charge < -0.3 is 15.2 Å². The molecule has 0 radical (unpaired) electrons. The smallest absolute Gasteiger partial charge is 0.224 e. The Labute approximate surface area is 99.2 Å². The lowest BCUT2D eigenvalue weighted by Crippen LogP contribution is -1.95. The van der Waals surface area contributed by atoms with E-state index in [1.807, 2.05) is 25.1 Å². The Morgan fingerprint density at radius 1 is 1.18 bits per heavy atom. The van der Waals surface area contributed by atoms with Crippen LogP contribution in [0.5, 0.6) is 17.4 Å². The molecule has 0 saturated carbocycles. The Kier molecular flexibility index (Phi) is 3.40. The Balaban J connectivity index is 2.15. The minimum absolute atomic E-state index is 0.371. The van der Waals surface area contributed by atoms with Crippen molar-refractivity contribution in [3.8, 4) is 17.4 Å². The van der Waals surface area contributed by atoms with Crippen LogP contribution in [-0.4, -0.2) is 16.6 Å². The van der Waals surface area contributed by atoms with Crippen molar-refractivity contribution in [2.24, 2.45) is 0 Å². The van der Waals surface area contributed by atoms with Gasteiger partial charge in [-0.25, -0.2) is 9.97 Å². The van der Waals surface area contributed by atoms with Gasteiger partial charge in [0.1, 0.15) is 23.6 Å². The molecule has 0 spiro atoms. The van der Waals surface area contributed by atoms with E-state index in [0.717, 1.165) is 5.75 Å². The summed E-state index contributed by atoms with van der Waals surface area (Å²) in [7, 11) is 0. The van der Waals surface area contributed by atoms with Crippen molar-refractivity contribution in [1.82, 2.24) is 9.97 Å². The van der Waals surface area contributed by atoms with Crippen molar-refractivity contribution >= 4 is 5.82 Å². The van der Waals surface area contributed by atoms with Gasteiger partial charge in [0, 0.05) is 12.1 Å². The number of nitrogens with zero attached hydrogens (tertiary/aromatic N) is 2. The summed E-state index contributed by atoms with van der Waals surface area (Å²) in [5.41, 5.74) is 5.53. The van der Waals surface area contributed by atoms with Gasteiger partial charge in [-0.3, -0.25) is 0 Å². The van der Waals surface area contributed by atoms with Crippen molar-refractivity contribution in [2.45, 2.75) is 6.92 Å². The molecule has 0 unspecified atom stereocenters. The Morgan fingerprint density at radius 3 is 2.76 bits per heavy atom. The largest absolute Gasteiger partial charge is 0.494 e. The zero-order chi connectivity index (χ0) is 12.1. The van der Waals surface area contributed by atoms with Gasteiger partial charge in [0.2, 0.25) is 5.88 Å². The second-order valence-corrected chi connectivity index (χ2v) is 3.29. The van der Waals surface area contributed by atoms with Gasteiger partial charge in [-0.1, -0.05) is 6.07 Å². The summed E-state index contributed by atoms with van der Waals surface area (Å²) >= 11 is 0.